The smallest absolute Gasteiger partial charge is 0.273 e. The number of imide groups is 1. The molecule has 0 bridgehead atoms. The van der Waals surface area contributed by atoms with Crippen LogP contribution in [0.2, 0.25) is 0 Å². The van der Waals surface area contributed by atoms with E-state index in [2.05, 4.69) is 10.5 Å². The van der Waals surface area contributed by atoms with Gasteiger partial charge in [0.05, 0.1) is 11.1 Å². The van der Waals surface area contributed by atoms with Crippen molar-refractivity contribution in [1.82, 2.24) is 20.3 Å². The minimum atomic E-state index is -0.887. The second-order valence-electron chi connectivity index (χ2n) is 7.60. The number of hydrogen-bond donors (Lipinski definition) is 1. The molecule has 30 heavy (non-hydrogen) atoms. The van der Waals surface area contributed by atoms with Crippen LogP contribution >= 0.6 is 0 Å². The zero-order valence-electron chi connectivity index (χ0n) is 16.8. The molecule has 1 N–H and O–H groups in total. The van der Waals surface area contributed by atoms with Gasteiger partial charge < -0.3 is 14.7 Å². The molecule has 2 aromatic rings. The number of aromatic nitrogens is 1. The molecule has 1 unspecified atom stereocenters. The van der Waals surface area contributed by atoms with Gasteiger partial charge in [-0.15, -0.1) is 0 Å². The van der Waals surface area contributed by atoms with Gasteiger partial charge in [0, 0.05) is 25.2 Å². The lowest BCUT2D eigenvalue weighted by atomic mass is 10.0. The molecule has 156 valence electrons. The third-order valence-electron chi connectivity index (χ3n) is 5.57. The van der Waals surface area contributed by atoms with E-state index in [-0.39, 0.29) is 23.6 Å². The highest BCUT2D eigenvalue weighted by Crippen LogP contribution is 2.25. The Hall–Kier alpha value is -3.49. The maximum atomic E-state index is 13.0. The van der Waals surface area contributed by atoms with Crippen molar-refractivity contribution in [3.63, 3.8) is 0 Å². The molecule has 1 atom stereocenters. The molecule has 1 fully saturated rings. The molecule has 0 saturated carbocycles. The molecule has 0 spiro atoms. The highest BCUT2D eigenvalue weighted by molar-refractivity contribution is 6.22. The molecule has 2 aliphatic rings. The number of carbonyl (C=O) groups excluding carboxylic acids is 4. The average molecular weight is 410 g/mol. The van der Waals surface area contributed by atoms with Crippen molar-refractivity contribution in [2.75, 3.05) is 13.1 Å². The third-order valence-corrected chi connectivity index (χ3v) is 5.57. The molecule has 9 nitrogen and oxygen atoms in total. The molecular weight excluding hydrogens is 388 g/mol. The Labute approximate surface area is 173 Å². The molecule has 4 rings (SSSR count). The van der Waals surface area contributed by atoms with Crippen molar-refractivity contribution >= 4 is 23.6 Å². The Morgan fingerprint density at radius 3 is 2.27 bits per heavy atom. The largest absolute Gasteiger partial charge is 0.361 e. The van der Waals surface area contributed by atoms with Crippen LogP contribution in [0, 0.1) is 6.92 Å². The Balaban J connectivity index is 1.35. The monoisotopic (exact) mass is 410 g/mol. The van der Waals surface area contributed by atoms with E-state index in [9.17, 15) is 19.2 Å². The maximum absolute atomic E-state index is 13.0. The lowest BCUT2D eigenvalue weighted by Gasteiger charge is -2.35. The predicted molar refractivity (Wildman–Crippen MR) is 105 cm³/mol. The molecule has 2 aliphatic heterocycles. The van der Waals surface area contributed by atoms with E-state index in [0.29, 0.717) is 42.8 Å². The number of benzene rings is 1. The summed E-state index contributed by atoms with van der Waals surface area (Å²) in [5, 5.41) is 6.60. The Kier molecular flexibility index (Phi) is 5.11. The van der Waals surface area contributed by atoms with Gasteiger partial charge in [-0.2, -0.15) is 0 Å². The van der Waals surface area contributed by atoms with Crippen LogP contribution in [0.1, 0.15) is 56.7 Å². The number of rotatable bonds is 4. The summed E-state index contributed by atoms with van der Waals surface area (Å²) >= 11 is 0. The van der Waals surface area contributed by atoms with Crippen LogP contribution in [0.5, 0.6) is 0 Å². The Morgan fingerprint density at radius 1 is 1.13 bits per heavy atom. The molecule has 4 amide bonds. The lowest BCUT2D eigenvalue weighted by Crippen LogP contribution is -2.53. The van der Waals surface area contributed by atoms with E-state index < -0.39 is 17.9 Å². The van der Waals surface area contributed by atoms with Gasteiger partial charge in [-0.05, 0) is 38.8 Å². The van der Waals surface area contributed by atoms with E-state index in [1.165, 1.54) is 0 Å². The van der Waals surface area contributed by atoms with Crippen molar-refractivity contribution < 1.29 is 23.7 Å². The molecule has 1 saturated heterocycles. The summed E-state index contributed by atoms with van der Waals surface area (Å²) in [4.78, 5) is 53.1. The first-order valence-corrected chi connectivity index (χ1v) is 9.86. The van der Waals surface area contributed by atoms with Crippen LogP contribution in [0.4, 0.5) is 0 Å². The fourth-order valence-corrected chi connectivity index (χ4v) is 3.91. The first-order valence-electron chi connectivity index (χ1n) is 9.86. The molecule has 0 radical (unpaired) electrons. The number of amides is 4. The van der Waals surface area contributed by atoms with Crippen molar-refractivity contribution in [1.29, 1.82) is 0 Å². The van der Waals surface area contributed by atoms with Gasteiger partial charge in [0.15, 0.2) is 5.69 Å². The highest BCUT2D eigenvalue weighted by Gasteiger charge is 2.42. The number of nitrogens with one attached hydrogen (secondary N) is 1. The van der Waals surface area contributed by atoms with Crippen molar-refractivity contribution in [3.8, 4) is 0 Å². The van der Waals surface area contributed by atoms with E-state index in [1.54, 1.807) is 49.1 Å². The van der Waals surface area contributed by atoms with Gasteiger partial charge in [0.25, 0.3) is 17.7 Å². The van der Waals surface area contributed by atoms with Crippen molar-refractivity contribution in [2.24, 2.45) is 0 Å². The SMILES string of the molecule is Cc1cc(C(=O)NC2CCN(C(=O)C(C)N3C(=O)c4ccccc4C3=O)CC2)no1. The van der Waals surface area contributed by atoms with Crippen LogP contribution in [0.25, 0.3) is 0 Å². The van der Waals surface area contributed by atoms with Gasteiger partial charge in [-0.1, -0.05) is 17.3 Å². The summed E-state index contributed by atoms with van der Waals surface area (Å²) in [6.45, 7) is 4.14. The second-order valence-corrected chi connectivity index (χ2v) is 7.60. The average Bonchev–Trinajstić information content (AvgIpc) is 3.29. The summed E-state index contributed by atoms with van der Waals surface area (Å²) in [5.74, 6) is -0.914. The van der Waals surface area contributed by atoms with Crippen LogP contribution < -0.4 is 5.32 Å². The molecular formula is C21H22N4O5. The number of likely N-dealkylation sites (tertiary alicyclic amines) is 1. The second kappa shape index (κ2) is 7.74. The molecule has 1 aromatic carbocycles. The zero-order valence-corrected chi connectivity index (χ0v) is 16.8. The Bertz CT molecular complexity index is 987. The maximum Gasteiger partial charge on any atom is 0.273 e. The highest BCUT2D eigenvalue weighted by atomic mass is 16.5. The molecule has 9 heteroatoms. The zero-order chi connectivity index (χ0) is 21.4. The van der Waals surface area contributed by atoms with Gasteiger partial charge >= 0.3 is 0 Å². The van der Waals surface area contributed by atoms with Gasteiger partial charge in [0.1, 0.15) is 11.8 Å². The minimum absolute atomic E-state index is 0.0897. The number of nitrogens with zero attached hydrogens (tertiary/aromatic N) is 3. The molecule has 3 heterocycles. The Morgan fingerprint density at radius 2 is 1.73 bits per heavy atom. The number of fused-ring (bicyclic) bond motifs is 1. The van der Waals surface area contributed by atoms with Crippen LogP contribution in [0.15, 0.2) is 34.9 Å². The number of carbonyl (C=O) groups is 4. The van der Waals surface area contributed by atoms with Crippen LogP contribution in [-0.2, 0) is 4.79 Å². The van der Waals surface area contributed by atoms with Gasteiger partial charge in [-0.3, -0.25) is 24.1 Å². The quantitative estimate of drug-likeness (QED) is 0.762. The summed E-state index contributed by atoms with van der Waals surface area (Å²) < 4.78 is 4.92. The van der Waals surface area contributed by atoms with Gasteiger partial charge in [-0.25, -0.2) is 0 Å². The minimum Gasteiger partial charge on any atom is -0.361 e. The van der Waals surface area contributed by atoms with Crippen molar-refractivity contribution in [3.05, 3.63) is 52.9 Å². The van der Waals surface area contributed by atoms with E-state index in [0.717, 1.165) is 4.90 Å². The summed E-state index contributed by atoms with van der Waals surface area (Å²) in [6.07, 6.45) is 1.15. The number of hydrogen-bond acceptors (Lipinski definition) is 6. The normalized spacial score (nSPS) is 17.8. The molecule has 0 aliphatic carbocycles. The standard InChI is InChI=1S/C21H22N4O5/c1-12-11-17(23-30-12)18(26)22-14-7-9-24(10-8-14)19(27)13(2)25-20(28)15-5-3-4-6-16(15)21(25)29/h3-6,11,13-14H,7-10H2,1-2H3,(H,22,26). The third kappa shape index (κ3) is 3.47. The lowest BCUT2D eigenvalue weighted by molar-refractivity contribution is -0.136. The fraction of sp³-hybridized carbons (Fsp3) is 0.381. The first kappa shape index (κ1) is 19.8. The fourth-order valence-electron chi connectivity index (χ4n) is 3.91. The van der Waals surface area contributed by atoms with Crippen LogP contribution in [0.3, 0.4) is 0 Å². The van der Waals surface area contributed by atoms with Crippen molar-refractivity contribution in [2.45, 2.75) is 38.8 Å². The summed E-state index contributed by atoms with van der Waals surface area (Å²) in [7, 11) is 0. The van der Waals surface area contributed by atoms with E-state index >= 15 is 0 Å². The summed E-state index contributed by atoms with van der Waals surface area (Å²) in [6, 6.07) is 7.17. The van der Waals surface area contributed by atoms with Crippen LogP contribution in [-0.4, -0.2) is 63.8 Å². The van der Waals surface area contributed by atoms with E-state index in [1.807, 2.05) is 0 Å². The van der Waals surface area contributed by atoms with Gasteiger partial charge in [0.2, 0.25) is 5.91 Å². The van der Waals surface area contributed by atoms with E-state index in [4.69, 9.17) is 4.52 Å². The topological polar surface area (TPSA) is 113 Å². The summed E-state index contributed by atoms with van der Waals surface area (Å²) in [5.41, 5.74) is 0.878. The predicted octanol–water partition coefficient (Wildman–Crippen LogP) is 1.39. The number of piperidine rings is 1. The first-order chi connectivity index (χ1) is 14.4. The molecule has 1 aromatic heterocycles. The number of aryl methyl sites for hydroxylation is 1.